The van der Waals surface area contributed by atoms with Gasteiger partial charge in [0.25, 0.3) is 0 Å². The van der Waals surface area contributed by atoms with Crippen molar-refractivity contribution in [2.45, 2.75) is 31.1 Å². The van der Waals surface area contributed by atoms with E-state index in [1.54, 1.807) is 0 Å². The van der Waals surface area contributed by atoms with E-state index in [1.807, 2.05) is 18.2 Å². The van der Waals surface area contributed by atoms with Crippen LogP contribution in [0, 0.1) is 0 Å². The molecule has 5 nitrogen and oxygen atoms in total. The molecule has 1 aliphatic carbocycles. The summed E-state index contributed by atoms with van der Waals surface area (Å²) >= 11 is 0. The van der Waals surface area contributed by atoms with E-state index in [4.69, 9.17) is 0 Å². The molecular weight excluding hydrogens is 300 g/mol. The van der Waals surface area contributed by atoms with Crippen LogP contribution in [0.2, 0.25) is 0 Å². The lowest BCUT2D eigenvalue weighted by Crippen LogP contribution is -2.35. The van der Waals surface area contributed by atoms with Gasteiger partial charge in [-0.15, -0.1) is 0 Å². The third kappa shape index (κ3) is 3.33. The number of benzene rings is 1. The molecule has 0 radical (unpaired) electrons. The maximum Gasteiger partial charge on any atom is 0.221 e. The molecule has 1 aliphatic heterocycles. The molecule has 0 aromatic heterocycles. The highest BCUT2D eigenvalue weighted by molar-refractivity contribution is 7.89. The Morgan fingerprint density at radius 1 is 1.23 bits per heavy atom. The minimum atomic E-state index is -3.10. The average Bonchev–Trinajstić information content (AvgIpc) is 3.23. The predicted octanol–water partition coefficient (Wildman–Crippen LogP) is 1.26. The fourth-order valence-electron chi connectivity index (χ4n) is 3.03. The van der Waals surface area contributed by atoms with Gasteiger partial charge in [-0.1, -0.05) is 30.3 Å². The van der Waals surface area contributed by atoms with Crippen LogP contribution in [0.15, 0.2) is 30.3 Å². The van der Waals surface area contributed by atoms with Crippen LogP contribution in [0.1, 0.15) is 31.2 Å². The van der Waals surface area contributed by atoms with Crippen LogP contribution >= 0.6 is 0 Å². The first kappa shape index (κ1) is 15.5. The van der Waals surface area contributed by atoms with Crippen LogP contribution in [0.5, 0.6) is 0 Å². The molecule has 0 atom stereocenters. The number of rotatable bonds is 6. The molecule has 6 heteroatoms. The van der Waals surface area contributed by atoms with Crippen LogP contribution in [-0.4, -0.2) is 44.0 Å². The van der Waals surface area contributed by atoms with Crippen molar-refractivity contribution < 1.29 is 13.2 Å². The zero-order valence-corrected chi connectivity index (χ0v) is 13.4. The molecule has 1 aromatic carbocycles. The van der Waals surface area contributed by atoms with Gasteiger partial charge in [0.1, 0.15) is 0 Å². The summed E-state index contributed by atoms with van der Waals surface area (Å²) in [5, 5.41) is 2.97. The zero-order valence-electron chi connectivity index (χ0n) is 12.6. The van der Waals surface area contributed by atoms with Crippen molar-refractivity contribution in [3.63, 3.8) is 0 Å². The Kier molecular flexibility index (Phi) is 4.23. The van der Waals surface area contributed by atoms with Crippen molar-refractivity contribution in [1.82, 2.24) is 9.62 Å². The van der Waals surface area contributed by atoms with Gasteiger partial charge in [0.15, 0.2) is 0 Å². The Labute approximate surface area is 131 Å². The molecule has 0 bridgehead atoms. The van der Waals surface area contributed by atoms with E-state index in [0.29, 0.717) is 26.1 Å². The third-order valence-corrected chi connectivity index (χ3v) is 6.61. The average molecular weight is 322 g/mol. The molecule has 1 N–H and O–H groups in total. The molecule has 3 rings (SSSR count). The molecule has 0 spiro atoms. The molecule has 1 saturated carbocycles. The number of carbonyl (C=O) groups is 1. The fraction of sp³-hybridized carbons (Fsp3) is 0.562. The number of sulfonamides is 1. The number of carbonyl (C=O) groups excluding carboxylic acids is 1. The summed E-state index contributed by atoms with van der Waals surface area (Å²) < 4.78 is 24.8. The minimum absolute atomic E-state index is 0.0655. The number of amides is 1. The maximum atomic E-state index is 12.0. The lowest BCUT2D eigenvalue weighted by Gasteiger charge is -2.18. The highest BCUT2D eigenvalue weighted by Crippen LogP contribution is 2.47. The first-order chi connectivity index (χ1) is 10.5. The summed E-state index contributed by atoms with van der Waals surface area (Å²) in [4.78, 5) is 12.0. The Morgan fingerprint density at radius 2 is 1.95 bits per heavy atom. The van der Waals surface area contributed by atoms with E-state index < -0.39 is 10.0 Å². The van der Waals surface area contributed by atoms with Gasteiger partial charge in [-0.05, 0) is 24.8 Å². The van der Waals surface area contributed by atoms with Crippen molar-refractivity contribution in [3.05, 3.63) is 35.9 Å². The summed E-state index contributed by atoms with van der Waals surface area (Å²) in [5.41, 5.74) is 1.37. The van der Waals surface area contributed by atoms with Gasteiger partial charge in [0.05, 0.1) is 5.75 Å². The molecule has 1 amide bonds. The molecule has 120 valence electrons. The summed E-state index contributed by atoms with van der Waals surface area (Å²) in [6.07, 6.45) is 3.10. The highest BCUT2D eigenvalue weighted by Gasteiger charge is 2.44. The van der Waals surface area contributed by atoms with E-state index in [2.05, 4.69) is 17.4 Å². The molecule has 22 heavy (non-hydrogen) atoms. The second-order valence-corrected chi connectivity index (χ2v) is 8.33. The molecule has 1 heterocycles. The SMILES string of the molecule is O=C(CCN1CCCS1(=O)=O)NCC1(c2ccccc2)CC1. The van der Waals surface area contributed by atoms with Gasteiger partial charge in [-0.25, -0.2) is 12.7 Å². The monoisotopic (exact) mass is 322 g/mol. The van der Waals surface area contributed by atoms with Gasteiger partial charge < -0.3 is 5.32 Å². The normalized spacial score (nSPS) is 22.4. The van der Waals surface area contributed by atoms with Gasteiger partial charge in [-0.2, -0.15) is 0 Å². The van der Waals surface area contributed by atoms with E-state index >= 15 is 0 Å². The minimum Gasteiger partial charge on any atom is -0.355 e. The van der Waals surface area contributed by atoms with Gasteiger partial charge >= 0.3 is 0 Å². The fourth-order valence-corrected chi connectivity index (χ4v) is 4.56. The number of nitrogens with zero attached hydrogens (tertiary/aromatic N) is 1. The Balaban J connectivity index is 1.47. The van der Waals surface area contributed by atoms with Crippen LogP contribution in [0.3, 0.4) is 0 Å². The summed E-state index contributed by atoms with van der Waals surface area (Å²) in [5.74, 6) is 0.149. The predicted molar refractivity (Wildman–Crippen MR) is 85.0 cm³/mol. The Hall–Kier alpha value is -1.40. The quantitative estimate of drug-likeness (QED) is 0.857. The molecule has 2 fully saturated rings. The first-order valence-electron chi connectivity index (χ1n) is 7.82. The maximum absolute atomic E-state index is 12.0. The first-order valence-corrected chi connectivity index (χ1v) is 9.43. The van der Waals surface area contributed by atoms with Gasteiger partial charge in [0, 0.05) is 31.5 Å². The van der Waals surface area contributed by atoms with Crippen molar-refractivity contribution in [2.24, 2.45) is 0 Å². The Morgan fingerprint density at radius 3 is 2.55 bits per heavy atom. The third-order valence-electron chi connectivity index (χ3n) is 4.66. The highest BCUT2D eigenvalue weighted by atomic mass is 32.2. The second-order valence-electron chi connectivity index (χ2n) is 6.24. The molecule has 0 unspecified atom stereocenters. The van der Waals surface area contributed by atoms with Crippen LogP contribution in [-0.2, 0) is 20.2 Å². The summed E-state index contributed by atoms with van der Waals surface area (Å²) in [6, 6.07) is 10.3. The van der Waals surface area contributed by atoms with Gasteiger partial charge in [0.2, 0.25) is 15.9 Å². The summed E-state index contributed by atoms with van der Waals surface area (Å²) in [7, 11) is -3.10. The topological polar surface area (TPSA) is 66.5 Å². The lowest BCUT2D eigenvalue weighted by molar-refractivity contribution is -0.121. The van der Waals surface area contributed by atoms with Crippen molar-refractivity contribution >= 4 is 15.9 Å². The van der Waals surface area contributed by atoms with E-state index in [0.717, 1.165) is 12.8 Å². The van der Waals surface area contributed by atoms with Gasteiger partial charge in [-0.3, -0.25) is 4.79 Å². The van der Waals surface area contributed by atoms with E-state index in [1.165, 1.54) is 9.87 Å². The van der Waals surface area contributed by atoms with E-state index in [-0.39, 0.29) is 23.5 Å². The zero-order chi connectivity index (χ0) is 15.6. The number of hydrogen-bond donors (Lipinski definition) is 1. The summed E-state index contributed by atoms with van der Waals surface area (Å²) in [6.45, 7) is 1.48. The van der Waals surface area contributed by atoms with E-state index in [9.17, 15) is 13.2 Å². The molecular formula is C16H22N2O3S. The van der Waals surface area contributed by atoms with Crippen LogP contribution < -0.4 is 5.32 Å². The van der Waals surface area contributed by atoms with Crippen molar-refractivity contribution in [1.29, 1.82) is 0 Å². The second kappa shape index (κ2) is 6.01. The number of nitrogens with one attached hydrogen (secondary N) is 1. The Bertz CT molecular complexity index is 639. The van der Waals surface area contributed by atoms with Crippen molar-refractivity contribution in [3.8, 4) is 0 Å². The van der Waals surface area contributed by atoms with Crippen LogP contribution in [0.25, 0.3) is 0 Å². The molecule has 1 aromatic rings. The molecule has 1 saturated heterocycles. The van der Waals surface area contributed by atoms with Crippen molar-refractivity contribution in [2.75, 3.05) is 25.4 Å². The lowest BCUT2D eigenvalue weighted by atomic mass is 9.96. The van der Waals surface area contributed by atoms with Crippen LogP contribution in [0.4, 0.5) is 0 Å². The largest absolute Gasteiger partial charge is 0.355 e. The molecule has 2 aliphatic rings. The number of hydrogen-bond acceptors (Lipinski definition) is 3. The smallest absolute Gasteiger partial charge is 0.221 e. The standard InChI is InChI=1S/C16H22N2O3S/c19-15(7-11-18-10-4-12-22(18,20)21)17-13-16(8-9-16)14-5-2-1-3-6-14/h1-3,5-6H,4,7-13H2,(H,17,19).